The summed E-state index contributed by atoms with van der Waals surface area (Å²) >= 11 is 0. The molecule has 0 aromatic heterocycles. The van der Waals surface area contributed by atoms with E-state index >= 15 is 0 Å². The highest BCUT2D eigenvalue weighted by molar-refractivity contribution is 6.03. The fraction of sp³-hybridized carbons (Fsp3) is 0.455. The molecule has 2 amide bonds. The number of hydrogen-bond donors (Lipinski definition) is 2. The molecule has 2 fully saturated rings. The lowest BCUT2D eigenvalue weighted by Gasteiger charge is -2.30. The number of nitrogens with zero attached hydrogens (tertiary/aromatic N) is 1. The molecule has 0 aliphatic carbocycles. The Morgan fingerprint density at radius 1 is 1.14 bits per heavy atom. The second kappa shape index (κ2) is 7.09. The number of amides is 2. The highest BCUT2D eigenvalue weighted by atomic mass is 16.6. The second-order valence-electron chi connectivity index (χ2n) is 8.59. The largest absolute Gasteiger partial charge is 0.444 e. The number of rotatable bonds is 2. The van der Waals surface area contributed by atoms with Crippen molar-refractivity contribution in [2.45, 2.75) is 44.9 Å². The van der Waals surface area contributed by atoms with Gasteiger partial charge in [0, 0.05) is 30.2 Å². The lowest BCUT2D eigenvalue weighted by molar-refractivity contribution is -0.120. The number of anilines is 1. The Kier molecular flexibility index (Phi) is 4.75. The van der Waals surface area contributed by atoms with E-state index in [-0.39, 0.29) is 30.0 Å². The molecule has 6 nitrogen and oxygen atoms in total. The maximum Gasteiger partial charge on any atom is 0.410 e. The van der Waals surface area contributed by atoms with Crippen LogP contribution in [-0.4, -0.2) is 47.7 Å². The van der Waals surface area contributed by atoms with Gasteiger partial charge < -0.3 is 20.3 Å². The Morgan fingerprint density at radius 3 is 2.68 bits per heavy atom. The van der Waals surface area contributed by atoms with Crippen molar-refractivity contribution >= 4 is 28.5 Å². The van der Waals surface area contributed by atoms with Gasteiger partial charge >= 0.3 is 6.09 Å². The third-order valence-corrected chi connectivity index (χ3v) is 5.48. The molecule has 2 aliphatic heterocycles. The minimum atomic E-state index is -0.554. The Morgan fingerprint density at radius 2 is 1.89 bits per heavy atom. The third kappa shape index (κ3) is 3.56. The molecule has 28 heavy (non-hydrogen) atoms. The number of carbonyl (C=O) groups excluding carboxylic acids is 2. The van der Waals surface area contributed by atoms with Gasteiger partial charge in [-0.05, 0) is 38.6 Å². The summed E-state index contributed by atoms with van der Waals surface area (Å²) in [6.45, 7) is 6.74. The summed E-state index contributed by atoms with van der Waals surface area (Å²) in [4.78, 5) is 27.5. The van der Waals surface area contributed by atoms with Crippen LogP contribution in [0.25, 0.3) is 10.8 Å². The van der Waals surface area contributed by atoms with Crippen LogP contribution in [-0.2, 0) is 9.53 Å². The first-order valence-electron chi connectivity index (χ1n) is 9.85. The van der Waals surface area contributed by atoms with E-state index in [0.717, 1.165) is 22.9 Å². The van der Waals surface area contributed by atoms with Crippen molar-refractivity contribution in [3.05, 3.63) is 42.5 Å². The monoisotopic (exact) mass is 381 g/mol. The molecule has 0 spiro atoms. The first-order valence-corrected chi connectivity index (χ1v) is 9.85. The van der Waals surface area contributed by atoms with Crippen molar-refractivity contribution in [1.29, 1.82) is 0 Å². The SMILES string of the molecule is CC(C)(C)OC(=O)N1CC[C@H]2NC[C@H](C(=O)Nc3cccc4ccccc34)C21. The zero-order valence-electron chi connectivity index (χ0n) is 16.6. The van der Waals surface area contributed by atoms with Crippen LogP contribution in [0.15, 0.2) is 42.5 Å². The maximum atomic E-state index is 13.1. The topological polar surface area (TPSA) is 70.7 Å². The minimum Gasteiger partial charge on any atom is -0.444 e. The maximum absolute atomic E-state index is 13.1. The zero-order chi connectivity index (χ0) is 19.9. The summed E-state index contributed by atoms with van der Waals surface area (Å²) in [6, 6.07) is 13.8. The highest BCUT2D eigenvalue weighted by Crippen LogP contribution is 2.32. The minimum absolute atomic E-state index is 0.0631. The van der Waals surface area contributed by atoms with Crippen molar-refractivity contribution in [1.82, 2.24) is 10.2 Å². The van der Waals surface area contributed by atoms with Gasteiger partial charge in [-0.15, -0.1) is 0 Å². The van der Waals surface area contributed by atoms with E-state index < -0.39 is 5.60 Å². The molecule has 2 aliphatic rings. The smallest absolute Gasteiger partial charge is 0.410 e. The molecule has 2 aromatic rings. The van der Waals surface area contributed by atoms with Gasteiger partial charge in [-0.2, -0.15) is 0 Å². The van der Waals surface area contributed by atoms with Gasteiger partial charge in [0.05, 0.1) is 12.0 Å². The number of carbonyl (C=O) groups is 2. The number of fused-ring (bicyclic) bond motifs is 2. The van der Waals surface area contributed by atoms with Gasteiger partial charge in [-0.25, -0.2) is 4.79 Å². The number of ether oxygens (including phenoxy) is 1. The normalized spacial score (nSPS) is 24.2. The van der Waals surface area contributed by atoms with Crippen molar-refractivity contribution in [3.63, 3.8) is 0 Å². The van der Waals surface area contributed by atoms with E-state index in [1.807, 2.05) is 63.2 Å². The van der Waals surface area contributed by atoms with E-state index in [1.54, 1.807) is 4.90 Å². The predicted octanol–water partition coefficient (Wildman–Crippen LogP) is 3.38. The Hall–Kier alpha value is -2.60. The van der Waals surface area contributed by atoms with E-state index in [2.05, 4.69) is 10.6 Å². The summed E-state index contributed by atoms with van der Waals surface area (Å²) in [7, 11) is 0. The number of hydrogen-bond acceptors (Lipinski definition) is 4. The van der Waals surface area contributed by atoms with Gasteiger partial charge in [0.1, 0.15) is 5.60 Å². The predicted molar refractivity (Wildman–Crippen MR) is 109 cm³/mol. The van der Waals surface area contributed by atoms with Gasteiger partial charge in [-0.1, -0.05) is 36.4 Å². The summed E-state index contributed by atoms with van der Waals surface area (Å²) < 4.78 is 5.56. The Bertz CT molecular complexity index is 900. The standard InChI is InChI=1S/C22H27N3O3/c1-22(2,3)28-21(27)25-12-11-18-19(25)16(13-23-18)20(26)24-17-10-6-8-14-7-4-5-9-15(14)17/h4-10,16,18-19,23H,11-13H2,1-3H3,(H,24,26)/t16-,18+,19?/m0/s1. The van der Waals surface area contributed by atoms with E-state index in [4.69, 9.17) is 4.74 Å². The van der Waals surface area contributed by atoms with Crippen LogP contribution in [0.1, 0.15) is 27.2 Å². The molecule has 0 bridgehead atoms. The Labute approximate surface area is 165 Å². The number of benzene rings is 2. The average Bonchev–Trinajstić information content (AvgIpc) is 3.22. The summed E-state index contributed by atoms with van der Waals surface area (Å²) in [5, 5.41) is 8.59. The van der Waals surface area contributed by atoms with Crippen LogP contribution < -0.4 is 10.6 Å². The first kappa shape index (κ1) is 18.7. The molecule has 2 heterocycles. The molecule has 3 atom stereocenters. The molecule has 6 heteroatoms. The van der Waals surface area contributed by atoms with E-state index in [0.29, 0.717) is 13.1 Å². The van der Waals surface area contributed by atoms with Crippen LogP contribution in [0.2, 0.25) is 0 Å². The molecular weight excluding hydrogens is 354 g/mol. The fourth-order valence-electron chi connectivity index (χ4n) is 4.28. The van der Waals surface area contributed by atoms with Crippen LogP contribution in [0, 0.1) is 5.92 Å². The number of likely N-dealkylation sites (tertiary alicyclic amines) is 1. The Balaban J connectivity index is 1.53. The van der Waals surface area contributed by atoms with Crippen LogP contribution in [0.4, 0.5) is 10.5 Å². The zero-order valence-corrected chi connectivity index (χ0v) is 16.6. The molecule has 1 unspecified atom stereocenters. The summed E-state index contributed by atoms with van der Waals surface area (Å²) in [5.74, 6) is -0.370. The van der Waals surface area contributed by atoms with Crippen molar-refractivity contribution in [2.24, 2.45) is 5.92 Å². The van der Waals surface area contributed by atoms with Crippen molar-refractivity contribution in [2.75, 3.05) is 18.4 Å². The van der Waals surface area contributed by atoms with E-state index in [9.17, 15) is 9.59 Å². The van der Waals surface area contributed by atoms with Gasteiger partial charge in [-0.3, -0.25) is 4.79 Å². The third-order valence-electron chi connectivity index (χ3n) is 5.48. The second-order valence-corrected chi connectivity index (χ2v) is 8.59. The van der Waals surface area contributed by atoms with Crippen LogP contribution >= 0.6 is 0 Å². The van der Waals surface area contributed by atoms with Gasteiger partial charge in [0.15, 0.2) is 0 Å². The van der Waals surface area contributed by atoms with Crippen LogP contribution in [0.3, 0.4) is 0 Å². The van der Waals surface area contributed by atoms with Gasteiger partial charge in [0.25, 0.3) is 0 Å². The van der Waals surface area contributed by atoms with Gasteiger partial charge in [0.2, 0.25) is 5.91 Å². The molecule has 0 radical (unpaired) electrons. The summed E-state index contributed by atoms with van der Waals surface area (Å²) in [6.07, 6.45) is 0.494. The highest BCUT2D eigenvalue weighted by Gasteiger charge is 2.49. The number of nitrogens with one attached hydrogen (secondary N) is 2. The molecule has 2 saturated heterocycles. The molecule has 148 valence electrons. The summed E-state index contributed by atoms with van der Waals surface area (Å²) in [5.41, 5.74) is 0.246. The fourth-order valence-corrected chi connectivity index (χ4v) is 4.28. The molecule has 0 saturated carbocycles. The van der Waals surface area contributed by atoms with Crippen LogP contribution in [0.5, 0.6) is 0 Å². The molecule has 4 rings (SSSR count). The lowest BCUT2D eigenvalue weighted by Crippen LogP contribution is -2.47. The molecular formula is C22H27N3O3. The molecule has 2 aromatic carbocycles. The van der Waals surface area contributed by atoms with Crippen molar-refractivity contribution < 1.29 is 14.3 Å². The first-order chi connectivity index (χ1) is 13.3. The van der Waals surface area contributed by atoms with Crippen molar-refractivity contribution in [3.8, 4) is 0 Å². The quantitative estimate of drug-likeness (QED) is 0.837. The molecule has 2 N–H and O–H groups in total. The van der Waals surface area contributed by atoms with E-state index in [1.165, 1.54) is 0 Å². The average molecular weight is 381 g/mol. The lowest BCUT2D eigenvalue weighted by atomic mass is 9.98.